The van der Waals surface area contributed by atoms with Gasteiger partial charge in [0.2, 0.25) is 12.7 Å². The Bertz CT molecular complexity index is 659. The fourth-order valence-electron chi connectivity index (χ4n) is 3.19. The predicted octanol–water partition coefficient (Wildman–Crippen LogP) is 0.767. The minimum absolute atomic E-state index is 0.0240. The van der Waals surface area contributed by atoms with Gasteiger partial charge in [0.05, 0.1) is 6.54 Å². The monoisotopic (exact) mass is 362 g/mol. The van der Waals surface area contributed by atoms with Crippen LogP contribution >= 0.6 is 0 Å². The Morgan fingerprint density at radius 2 is 1.96 bits per heavy atom. The second kappa shape index (κ2) is 8.27. The highest BCUT2D eigenvalue weighted by Gasteiger charge is 2.23. The first-order valence-electron chi connectivity index (χ1n) is 8.88. The lowest BCUT2D eigenvalue weighted by Crippen LogP contribution is -2.49. The zero-order valence-electron chi connectivity index (χ0n) is 15.3. The van der Waals surface area contributed by atoms with Crippen LogP contribution in [-0.2, 0) is 11.3 Å². The van der Waals surface area contributed by atoms with Gasteiger partial charge >= 0.3 is 6.03 Å². The average molecular weight is 362 g/mol. The summed E-state index contributed by atoms with van der Waals surface area (Å²) in [6.45, 7) is 2.78. The molecule has 0 aromatic heterocycles. The summed E-state index contributed by atoms with van der Waals surface area (Å²) < 4.78 is 10.7. The van der Waals surface area contributed by atoms with E-state index in [1.54, 1.807) is 19.0 Å². The number of piperidine rings is 1. The van der Waals surface area contributed by atoms with E-state index >= 15 is 0 Å². The number of nitrogens with one attached hydrogen (secondary N) is 2. The molecule has 2 aliphatic rings. The van der Waals surface area contributed by atoms with E-state index in [1.807, 2.05) is 18.2 Å². The summed E-state index contributed by atoms with van der Waals surface area (Å²) in [5.41, 5.74) is 0.993. The Hall–Kier alpha value is -2.48. The van der Waals surface area contributed by atoms with Crippen molar-refractivity contribution in [1.82, 2.24) is 20.4 Å². The van der Waals surface area contributed by atoms with Gasteiger partial charge in [-0.3, -0.25) is 9.69 Å². The summed E-state index contributed by atoms with van der Waals surface area (Å²) >= 11 is 0. The Morgan fingerprint density at radius 1 is 1.23 bits per heavy atom. The highest BCUT2D eigenvalue weighted by molar-refractivity contribution is 5.77. The van der Waals surface area contributed by atoms with Gasteiger partial charge in [0.1, 0.15) is 0 Å². The maximum absolute atomic E-state index is 12.4. The lowest BCUT2D eigenvalue weighted by molar-refractivity contribution is -0.122. The molecule has 26 heavy (non-hydrogen) atoms. The normalized spacial score (nSPS) is 17.0. The molecule has 142 valence electrons. The topological polar surface area (TPSA) is 83.1 Å². The van der Waals surface area contributed by atoms with Gasteiger partial charge in [0.25, 0.3) is 0 Å². The zero-order valence-corrected chi connectivity index (χ0v) is 15.3. The number of hydrogen-bond donors (Lipinski definition) is 2. The van der Waals surface area contributed by atoms with Crippen LogP contribution in [0.15, 0.2) is 18.2 Å². The molecule has 0 radical (unpaired) electrons. The lowest BCUT2D eigenvalue weighted by Gasteiger charge is -2.32. The van der Waals surface area contributed by atoms with Crippen LogP contribution in [-0.4, -0.2) is 68.3 Å². The molecule has 3 rings (SSSR count). The summed E-state index contributed by atoms with van der Waals surface area (Å²) in [5.74, 6) is 1.49. The number of rotatable bonds is 5. The number of likely N-dealkylation sites (tertiary alicyclic amines) is 1. The molecule has 0 aliphatic carbocycles. The van der Waals surface area contributed by atoms with Gasteiger partial charge in [-0.05, 0) is 30.5 Å². The first kappa shape index (κ1) is 18.3. The summed E-state index contributed by atoms with van der Waals surface area (Å²) in [6.07, 6.45) is 1.70. The van der Waals surface area contributed by atoms with E-state index in [4.69, 9.17) is 9.47 Å². The maximum atomic E-state index is 12.4. The van der Waals surface area contributed by atoms with Crippen molar-refractivity contribution in [3.63, 3.8) is 0 Å². The number of urea groups is 1. The van der Waals surface area contributed by atoms with E-state index in [-0.39, 0.29) is 24.8 Å². The van der Waals surface area contributed by atoms with Crippen molar-refractivity contribution in [3.8, 4) is 11.5 Å². The molecular weight excluding hydrogens is 336 g/mol. The van der Waals surface area contributed by atoms with Crippen molar-refractivity contribution in [2.24, 2.45) is 0 Å². The van der Waals surface area contributed by atoms with Crippen molar-refractivity contribution >= 4 is 11.9 Å². The minimum atomic E-state index is -0.0904. The average Bonchev–Trinajstić information content (AvgIpc) is 3.11. The van der Waals surface area contributed by atoms with Crippen LogP contribution in [0.1, 0.15) is 18.4 Å². The molecule has 0 unspecified atom stereocenters. The number of fused-ring (bicyclic) bond motifs is 1. The van der Waals surface area contributed by atoms with Crippen LogP contribution in [0.3, 0.4) is 0 Å². The SMILES string of the molecule is CNC(=O)CN1CCC(NC(=O)N(C)Cc2ccc3c(c2)OCO3)CC1. The highest BCUT2D eigenvalue weighted by atomic mass is 16.7. The molecule has 8 heteroatoms. The molecule has 0 saturated carbocycles. The number of ether oxygens (including phenoxy) is 2. The fourth-order valence-corrected chi connectivity index (χ4v) is 3.19. The Kier molecular flexibility index (Phi) is 5.82. The van der Waals surface area contributed by atoms with Crippen LogP contribution in [0.2, 0.25) is 0 Å². The molecule has 0 atom stereocenters. The van der Waals surface area contributed by atoms with Crippen molar-refractivity contribution in [2.75, 3.05) is 40.5 Å². The number of carbonyl (C=O) groups excluding carboxylic acids is 2. The number of amides is 3. The molecule has 1 fully saturated rings. The molecule has 1 aromatic carbocycles. The van der Waals surface area contributed by atoms with Crippen molar-refractivity contribution in [2.45, 2.75) is 25.4 Å². The van der Waals surface area contributed by atoms with E-state index in [0.29, 0.717) is 13.1 Å². The number of benzene rings is 1. The van der Waals surface area contributed by atoms with Crippen LogP contribution in [0.4, 0.5) is 4.79 Å². The standard InChI is InChI=1S/C18H26N4O4/c1-19-17(23)11-22-7-5-14(6-8-22)20-18(24)21(2)10-13-3-4-15-16(9-13)26-12-25-15/h3-4,9,14H,5-8,10-12H2,1-2H3,(H,19,23)(H,20,24). The lowest BCUT2D eigenvalue weighted by atomic mass is 10.1. The van der Waals surface area contributed by atoms with Gasteiger partial charge in [-0.2, -0.15) is 0 Å². The summed E-state index contributed by atoms with van der Waals surface area (Å²) in [7, 11) is 3.42. The largest absolute Gasteiger partial charge is 0.454 e. The minimum Gasteiger partial charge on any atom is -0.454 e. The van der Waals surface area contributed by atoms with E-state index < -0.39 is 0 Å². The third-order valence-corrected chi connectivity index (χ3v) is 4.76. The van der Waals surface area contributed by atoms with E-state index in [9.17, 15) is 9.59 Å². The molecule has 2 heterocycles. The van der Waals surface area contributed by atoms with Crippen molar-refractivity contribution < 1.29 is 19.1 Å². The van der Waals surface area contributed by atoms with Gasteiger partial charge in [-0.15, -0.1) is 0 Å². The number of hydrogen-bond acceptors (Lipinski definition) is 5. The van der Waals surface area contributed by atoms with Crippen LogP contribution in [0.5, 0.6) is 11.5 Å². The summed E-state index contributed by atoms with van der Waals surface area (Å²) in [6, 6.07) is 5.76. The third kappa shape index (κ3) is 4.57. The van der Waals surface area contributed by atoms with Crippen LogP contribution < -0.4 is 20.1 Å². The first-order valence-corrected chi connectivity index (χ1v) is 8.88. The molecule has 1 saturated heterocycles. The predicted molar refractivity (Wildman–Crippen MR) is 96.1 cm³/mol. The third-order valence-electron chi connectivity index (χ3n) is 4.76. The van der Waals surface area contributed by atoms with Gasteiger partial charge in [0.15, 0.2) is 11.5 Å². The van der Waals surface area contributed by atoms with E-state index in [2.05, 4.69) is 15.5 Å². The molecule has 0 bridgehead atoms. The summed E-state index contributed by atoms with van der Waals surface area (Å²) in [4.78, 5) is 27.6. The molecule has 2 aliphatic heterocycles. The molecular formula is C18H26N4O4. The molecule has 8 nitrogen and oxygen atoms in total. The second-order valence-corrected chi connectivity index (χ2v) is 6.72. The number of carbonyl (C=O) groups is 2. The Balaban J connectivity index is 1.44. The van der Waals surface area contributed by atoms with Crippen molar-refractivity contribution in [3.05, 3.63) is 23.8 Å². The fraction of sp³-hybridized carbons (Fsp3) is 0.556. The van der Waals surface area contributed by atoms with Crippen LogP contribution in [0.25, 0.3) is 0 Å². The Morgan fingerprint density at radius 3 is 2.69 bits per heavy atom. The zero-order chi connectivity index (χ0) is 18.5. The molecule has 3 amide bonds. The van der Waals surface area contributed by atoms with Crippen molar-refractivity contribution in [1.29, 1.82) is 0 Å². The van der Waals surface area contributed by atoms with Gasteiger partial charge < -0.3 is 25.0 Å². The van der Waals surface area contributed by atoms with Gasteiger partial charge in [0, 0.05) is 39.8 Å². The molecule has 0 spiro atoms. The van der Waals surface area contributed by atoms with E-state index in [1.165, 1.54) is 0 Å². The molecule has 1 aromatic rings. The van der Waals surface area contributed by atoms with Gasteiger partial charge in [-0.1, -0.05) is 6.07 Å². The number of likely N-dealkylation sites (N-methyl/N-ethyl adjacent to an activating group) is 1. The summed E-state index contributed by atoms with van der Waals surface area (Å²) in [5, 5.41) is 5.72. The smallest absolute Gasteiger partial charge is 0.317 e. The first-order chi connectivity index (χ1) is 12.5. The van der Waals surface area contributed by atoms with Crippen LogP contribution in [0, 0.1) is 0 Å². The molecule has 2 N–H and O–H groups in total. The highest BCUT2D eigenvalue weighted by Crippen LogP contribution is 2.32. The second-order valence-electron chi connectivity index (χ2n) is 6.72. The van der Waals surface area contributed by atoms with Gasteiger partial charge in [-0.25, -0.2) is 4.79 Å². The van der Waals surface area contributed by atoms with E-state index in [0.717, 1.165) is 43.0 Å². The number of nitrogens with zero attached hydrogens (tertiary/aromatic N) is 2. The Labute approximate surface area is 153 Å². The quantitative estimate of drug-likeness (QED) is 0.808. The maximum Gasteiger partial charge on any atom is 0.317 e.